The first-order valence-electron chi connectivity index (χ1n) is 8.95. The van der Waals surface area contributed by atoms with Crippen LogP contribution in [0.3, 0.4) is 0 Å². The molecule has 0 radical (unpaired) electrons. The molecule has 0 aromatic heterocycles. The smallest absolute Gasteiger partial charge is 0.263 e. The zero-order chi connectivity index (χ0) is 22.1. The summed E-state index contributed by atoms with van der Waals surface area (Å²) in [5.74, 6) is 0.175. The molecule has 1 amide bonds. The van der Waals surface area contributed by atoms with Gasteiger partial charge in [0.05, 0.1) is 14.1 Å². The second kappa shape index (κ2) is 8.75. The van der Waals surface area contributed by atoms with Crippen LogP contribution in [0.1, 0.15) is 13.8 Å². The minimum Gasteiger partial charge on any atom is -0.456 e. The maximum Gasteiger partial charge on any atom is 0.263 e. The number of carbonyl (C=O) groups is 1. The highest BCUT2D eigenvalue weighted by molar-refractivity contribution is 9.10. The van der Waals surface area contributed by atoms with Gasteiger partial charge in [0.2, 0.25) is 10.0 Å². The molecule has 0 saturated carbocycles. The SMILES string of the molecule is CC1(C)[C@@H](C(=O)NO)N(S(=O)(=O)c2ccc(Oc3ccccc3Br)cc2)CCS1=O. The number of hydroxylamine groups is 1. The van der Waals surface area contributed by atoms with Gasteiger partial charge in [-0.25, -0.2) is 13.9 Å². The number of hydrogen-bond acceptors (Lipinski definition) is 6. The van der Waals surface area contributed by atoms with Crippen molar-refractivity contribution in [3.05, 3.63) is 53.0 Å². The van der Waals surface area contributed by atoms with Gasteiger partial charge in [0.25, 0.3) is 5.91 Å². The first kappa shape index (κ1) is 22.9. The van der Waals surface area contributed by atoms with Gasteiger partial charge < -0.3 is 4.74 Å². The number of carbonyl (C=O) groups excluding carboxylic acids is 1. The monoisotopic (exact) mass is 516 g/mol. The molecule has 1 unspecified atom stereocenters. The predicted octanol–water partition coefficient (Wildman–Crippen LogP) is 2.65. The van der Waals surface area contributed by atoms with Crippen molar-refractivity contribution in [2.75, 3.05) is 12.3 Å². The Bertz CT molecular complexity index is 1070. The zero-order valence-corrected chi connectivity index (χ0v) is 19.5. The summed E-state index contributed by atoms with van der Waals surface area (Å²) >= 11 is 3.38. The van der Waals surface area contributed by atoms with Crippen LogP contribution in [0.15, 0.2) is 57.9 Å². The maximum atomic E-state index is 13.3. The Kier molecular flexibility index (Phi) is 6.68. The summed E-state index contributed by atoms with van der Waals surface area (Å²) in [6.45, 7) is 2.98. The Labute approximate surface area is 185 Å². The van der Waals surface area contributed by atoms with E-state index in [2.05, 4.69) is 15.9 Å². The molecule has 0 bridgehead atoms. The molecule has 11 heteroatoms. The number of ether oxygens (including phenoxy) is 1. The molecule has 1 aliphatic rings. The van der Waals surface area contributed by atoms with Crippen LogP contribution in [0.5, 0.6) is 11.5 Å². The molecule has 8 nitrogen and oxygen atoms in total. The number of halogens is 1. The number of hydrogen-bond donors (Lipinski definition) is 2. The van der Waals surface area contributed by atoms with Crippen molar-refractivity contribution in [3.8, 4) is 11.5 Å². The number of sulfonamides is 1. The van der Waals surface area contributed by atoms with Crippen LogP contribution in [-0.2, 0) is 25.6 Å². The van der Waals surface area contributed by atoms with E-state index in [1.54, 1.807) is 19.9 Å². The fourth-order valence-corrected chi connectivity index (χ4v) is 6.91. The van der Waals surface area contributed by atoms with Crippen LogP contribution in [0.25, 0.3) is 0 Å². The van der Waals surface area contributed by atoms with Crippen molar-refractivity contribution >= 4 is 42.7 Å². The summed E-state index contributed by atoms with van der Waals surface area (Å²) < 4.78 is 45.2. The largest absolute Gasteiger partial charge is 0.456 e. The molecule has 2 atom stereocenters. The Balaban J connectivity index is 1.91. The molecule has 0 aliphatic carbocycles. The quantitative estimate of drug-likeness (QED) is 0.466. The highest BCUT2D eigenvalue weighted by atomic mass is 79.9. The van der Waals surface area contributed by atoms with E-state index in [1.807, 2.05) is 18.2 Å². The molecule has 0 spiro atoms. The molecule has 3 rings (SSSR count). The second-order valence-corrected chi connectivity index (χ2v) is 12.0. The van der Waals surface area contributed by atoms with E-state index in [4.69, 9.17) is 9.94 Å². The van der Waals surface area contributed by atoms with Gasteiger partial charge in [-0.3, -0.25) is 14.2 Å². The van der Waals surface area contributed by atoms with Crippen molar-refractivity contribution in [1.29, 1.82) is 0 Å². The minimum atomic E-state index is -4.10. The van der Waals surface area contributed by atoms with E-state index in [0.717, 1.165) is 8.78 Å². The van der Waals surface area contributed by atoms with Crippen molar-refractivity contribution in [3.63, 3.8) is 0 Å². The molecule has 1 fully saturated rings. The fourth-order valence-electron chi connectivity index (χ4n) is 3.27. The molecule has 2 aromatic rings. The van der Waals surface area contributed by atoms with Crippen molar-refractivity contribution in [2.24, 2.45) is 0 Å². The number of nitrogens with zero attached hydrogens (tertiary/aromatic N) is 1. The lowest BCUT2D eigenvalue weighted by Gasteiger charge is -2.42. The third kappa shape index (κ3) is 4.30. The molecular weight excluding hydrogens is 496 g/mol. The summed E-state index contributed by atoms with van der Waals surface area (Å²) in [6, 6.07) is 11.7. The molecule has 30 heavy (non-hydrogen) atoms. The standard InChI is InChI=1S/C19H21BrN2O6S2/c1-19(2)17(18(23)21-24)22(11-12-29(19)25)30(26,27)14-9-7-13(8-10-14)28-16-6-4-3-5-15(16)20/h3-10,17,24H,11-12H2,1-2H3,(H,21,23)/t17-,29?/m1/s1. The Morgan fingerprint density at radius 2 is 1.87 bits per heavy atom. The van der Waals surface area contributed by atoms with Crippen molar-refractivity contribution < 1.29 is 27.4 Å². The Hall–Kier alpha value is -1.79. The second-order valence-electron chi connectivity index (χ2n) is 7.15. The molecular formula is C19H21BrN2O6S2. The topological polar surface area (TPSA) is 113 Å². The van der Waals surface area contributed by atoms with Crippen LogP contribution in [-0.4, -0.2) is 51.1 Å². The molecule has 2 N–H and O–H groups in total. The van der Waals surface area contributed by atoms with Crippen LogP contribution >= 0.6 is 15.9 Å². The minimum absolute atomic E-state index is 0.0406. The van der Waals surface area contributed by atoms with Crippen molar-refractivity contribution in [1.82, 2.24) is 9.79 Å². The lowest BCUT2D eigenvalue weighted by Crippen LogP contribution is -2.64. The van der Waals surface area contributed by atoms with Gasteiger partial charge in [0.1, 0.15) is 17.5 Å². The van der Waals surface area contributed by atoms with E-state index < -0.39 is 37.5 Å². The molecule has 2 aromatic carbocycles. The van der Waals surface area contributed by atoms with E-state index in [1.165, 1.54) is 29.7 Å². The number of nitrogens with one attached hydrogen (secondary N) is 1. The van der Waals surface area contributed by atoms with Crippen LogP contribution in [0, 0.1) is 0 Å². The van der Waals surface area contributed by atoms with Gasteiger partial charge in [-0.15, -0.1) is 0 Å². The number of benzene rings is 2. The van der Waals surface area contributed by atoms with Crippen LogP contribution in [0.4, 0.5) is 0 Å². The van der Waals surface area contributed by atoms with Gasteiger partial charge in [-0.1, -0.05) is 12.1 Å². The summed E-state index contributed by atoms with van der Waals surface area (Å²) in [6.07, 6.45) is 0. The Morgan fingerprint density at radius 1 is 1.23 bits per heavy atom. The van der Waals surface area contributed by atoms with Gasteiger partial charge in [-0.05, 0) is 66.2 Å². The molecule has 162 valence electrons. The lowest BCUT2D eigenvalue weighted by molar-refractivity contribution is -0.134. The number of rotatable bonds is 5. The van der Waals surface area contributed by atoms with Gasteiger partial charge >= 0.3 is 0 Å². The molecule has 1 aliphatic heterocycles. The van der Waals surface area contributed by atoms with Crippen molar-refractivity contribution in [2.45, 2.75) is 29.5 Å². The lowest BCUT2D eigenvalue weighted by atomic mass is 10.0. The van der Waals surface area contributed by atoms with E-state index in [0.29, 0.717) is 11.5 Å². The first-order valence-corrected chi connectivity index (χ1v) is 12.5. The highest BCUT2D eigenvalue weighted by Crippen LogP contribution is 2.34. The van der Waals surface area contributed by atoms with E-state index >= 15 is 0 Å². The first-order chi connectivity index (χ1) is 14.1. The third-order valence-electron chi connectivity index (χ3n) is 4.88. The van der Waals surface area contributed by atoms with Gasteiger partial charge in [0.15, 0.2) is 0 Å². The number of amides is 1. The number of para-hydroxylation sites is 1. The normalized spacial score (nSPS) is 21.7. The summed E-state index contributed by atoms with van der Waals surface area (Å²) in [5, 5.41) is 9.12. The fraction of sp³-hybridized carbons (Fsp3) is 0.316. The highest BCUT2D eigenvalue weighted by Gasteiger charge is 2.51. The van der Waals surface area contributed by atoms with Crippen LogP contribution < -0.4 is 10.2 Å². The average Bonchev–Trinajstić information content (AvgIpc) is 2.71. The average molecular weight is 517 g/mol. The maximum absolute atomic E-state index is 13.3. The third-order valence-corrected chi connectivity index (χ3v) is 9.37. The zero-order valence-electron chi connectivity index (χ0n) is 16.2. The molecule has 1 heterocycles. The van der Waals surface area contributed by atoms with Gasteiger partial charge in [0, 0.05) is 23.1 Å². The summed E-state index contributed by atoms with van der Waals surface area (Å²) in [7, 11) is -5.54. The Morgan fingerprint density at radius 3 is 2.47 bits per heavy atom. The van der Waals surface area contributed by atoms with E-state index in [9.17, 15) is 17.4 Å². The predicted molar refractivity (Wildman–Crippen MR) is 115 cm³/mol. The summed E-state index contributed by atoms with van der Waals surface area (Å²) in [4.78, 5) is 12.2. The summed E-state index contributed by atoms with van der Waals surface area (Å²) in [5.41, 5.74) is 1.50. The van der Waals surface area contributed by atoms with Gasteiger partial charge in [-0.2, -0.15) is 4.31 Å². The van der Waals surface area contributed by atoms with E-state index in [-0.39, 0.29) is 17.2 Å². The van der Waals surface area contributed by atoms with Crippen LogP contribution in [0.2, 0.25) is 0 Å². The molecule has 1 saturated heterocycles.